The van der Waals surface area contributed by atoms with Gasteiger partial charge in [0, 0.05) is 637 Å². The normalized spacial score (nSPS) is 15.7. The number of hydrogen-bond acceptors (Lipinski definition) is 3. The molecule has 0 radical (unpaired) electrons. The van der Waals surface area contributed by atoms with Gasteiger partial charge >= 0.3 is 0 Å². The lowest BCUT2D eigenvalue weighted by Gasteiger charge is -1.71. The Hall–Kier alpha value is -28.5. The van der Waals surface area contributed by atoms with Gasteiger partial charge in [-0.05, 0) is 88.7 Å². The van der Waals surface area contributed by atoms with Crippen molar-refractivity contribution in [1.82, 2.24) is 0 Å². The van der Waals surface area contributed by atoms with E-state index in [0.29, 0.717) is 0 Å². The lowest BCUT2D eigenvalue weighted by atomic mass is 11.5. The van der Waals surface area contributed by atoms with Crippen LogP contribution in [0.4, 0.5) is 0 Å². The van der Waals surface area contributed by atoms with Crippen molar-refractivity contribution in [3.05, 3.63) is 0 Å². The molecule has 142 heavy (non-hydrogen) atoms. The summed E-state index contributed by atoms with van der Waals surface area (Å²) < 4.78 is 0. The quantitative estimate of drug-likeness (QED) is 0.0346. The maximum absolute atomic E-state index is 8.04. The van der Waals surface area contributed by atoms with E-state index < -0.39 is 0 Å². The van der Waals surface area contributed by atoms with Crippen LogP contribution in [0.25, 0.3) is 0 Å². The summed E-state index contributed by atoms with van der Waals surface area (Å²) in [5.74, 6) is 0. The third-order valence-electron chi connectivity index (χ3n) is 5.57. The molecule has 0 aromatic heterocycles. The molecule has 0 saturated heterocycles. The molecule has 0 spiro atoms. The van der Waals surface area contributed by atoms with Crippen LogP contribution in [0.15, 0.2) is 726 Å². The van der Waals surface area contributed by atoms with Gasteiger partial charge in [-0.15, -0.1) is 0 Å². The van der Waals surface area contributed by atoms with Gasteiger partial charge in [0.25, 0.3) is 0 Å². The Morgan fingerprint density at radius 3 is 0.155 bits per heavy atom. The summed E-state index contributed by atoms with van der Waals surface area (Å²) in [7, 11) is 0. The highest BCUT2D eigenvalue weighted by molar-refractivity contribution is 4.56. The molecule has 0 unspecified atom stereocenters. The zero-order valence-corrected chi connectivity index (χ0v) is 63.6. The van der Waals surface area contributed by atoms with Crippen molar-refractivity contribution in [1.29, 1.82) is 10.8 Å². The average molecular weight is 1990 g/mol. The fourth-order valence-corrected chi connectivity index (χ4v) is 2.47. The van der Waals surface area contributed by atoms with Crippen LogP contribution in [0.3, 0.4) is 0 Å². The predicted molar refractivity (Wildman–Crippen MR) is 346 cm³/mol. The Bertz CT molecular complexity index is 5200. The predicted octanol–water partition coefficient (Wildman–Crippen LogP) is 25.8. The van der Waals surface area contributed by atoms with Crippen LogP contribution < -0.4 is 0 Å². The molecular weight excluding hydrogens is 1990 g/mol. The minimum Gasteiger partial charge on any atom is -0.183 e. The zero-order chi connectivity index (χ0) is 101. The van der Waals surface area contributed by atoms with Crippen molar-refractivity contribution in [2.45, 2.75) is 0 Å². The van der Waals surface area contributed by atoms with Crippen molar-refractivity contribution < 1.29 is 0 Å². The molecular formula is CHN141. The highest BCUT2D eigenvalue weighted by atomic mass is 15.8. The maximum Gasteiger partial charge on any atom is 0.227 e. The van der Waals surface area contributed by atoms with Gasteiger partial charge in [0.2, 0.25) is 6.19 Å². The van der Waals surface area contributed by atoms with Gasteiger partial charge in [0.15, 0.2) is 0 Å². The van der Waals surface area contributed by atoms with E-state index in [1.807, 2.05) is 0 Å². The van der Waals surface area contributed by atoms with E-state index in [-0.39, 0.29) is 0 Å². The first-order valence-electron chi connectivity index (χ1n) is 28.3. The fourth-order valence-electron chi connectivity index (χ4n) is 2.47. The molecule has 0 rings (SSSR count). The van der Waals surface area contributed by atoms with Crippen molar-refractivity contribution in [2.75, 3.05) is 0 Å². The fraction of sp³-hybridized carbons (Fsp3) is 0. The topological polar surface area (TPSA) is 1770 Å². The highest BCUT2D eigenvalue weighted by Gasteiger charge is 1.84. The summed E-state index contributed by atoms with van der Waals surface area (Å²) in [6, 6.07) is 0. The molecule has 141 heteroatoms. The lowest BCUT2D eigenvalue weighted by Crippen LogP contribution is -1.52. The smallest absolute Gasteiger partial charge is 0.183 e. The Balaban J connectivity index is 4.14. The van der Waals surface area contributed by atoms with E-state index in [2.05, 4.69) is 726 Å². The first-order chi connectivity index (χ1) is 70.9. The van der Waals surface area contributed by atoms with Gasteiger partial charge in [-0.1, -0.05) is 0 Å². The summed E-state index contributed by atoms with van der Waals surface area (Å²) in [5.41, 5.74) is 6.28. The summed E-state index contributed by atoms with van der Waals surface area (Å²) in [6.45, 7) is 0. The van der Waals surface area contributed by atoms with Gasteiger partial charge in [0.1, 0.15) is 0 Å². The van der Waals surface area contributed by atoms with Gasteiger partial charge in [-0.25, -0.2) is 0 Å². The van der Waals surface area contributed by atoms with Crippen LogP contribution in [0, 0.1) is 17.0 Å². The van der Waals surface area contributed by atoms with Gasteiger partial charge in [-0.2, -0.15) is 10.8 Å². The monoisotopic (exact) mass is 1990 g/mol. The number of hydrogen-bond donors (Lipinski definition) is 1. The Morgan fingerprint density at radius 2 is 0.113 bits per heavy atom. The van der Waals surface area contributed by atoms with Crippen LogP contribution in [0.1, 0.15) is 0 Å². The molecule has 0 aliphatic heterocycles. The van der Waals surface area contributed by atoms with E-state index in [1.54, 1.807) is 0 Å². The first kappa shape index (κ1) is 113. The van der Waals surface area contributed by atoms with Crippen LogP contribution in [-0.4, -0.2) is 0 Å². The lowest BCUT2D eigenvalue weighted by molar-refractivity contribution is 0.722. The first-order valence-corrected chi connectivity index (χ1v) is 28.3. The van der Waals surface area contributed by atoms with E-state index in [9.17, 15) is 0 Å². The molecule has 0 bridgehead atoms. The van der Waals surface area contributed by atoms with Gasteiger partial charge in [0.05, 0.1) is 0 Å². The molecule has 0 aliphatic carbocycles. The number of nitrogens with zero attached hydrogens (tertiary/aromatic N) is 140. The minimum absolute atomic E-state index is 1.31. The Labute approximate surface area is 742 Å². The summed E-state index contributed by atoms with van der Waals surface area (Å²) in [6.07, 6.45) is 1.31. The van der Waals surface area contributed by atoms with E-state index in [0.717, 1.165) is 0 Å². The average Bonchev–Trinajstić information content (AvgIpc) is 1.10. The van der Waals surface area contributed by atoms with Crippen LogP contribution in [0.2, 0.25) is 0 Å². The van der Waals surface area contributed by atoms with Crippen molar-refractivity contribution in [3.63, 3.8) is 0 Å². The van der Waals surface area contributed by atoms with Gasteiger partial charge in [-0.3, -0.25) is 0 Å². The van der Waals surface area contributed by atoms with Crippen molar-refractivity contribution in [3.8, 4) is 6.19 Å². The number of rotatable bonds is 69. The molecule has 0 aromatic carbocycles. The molecule has 710 valence electrons. The summed E-state index contributed by atoms with van der Waals surface area (Å²) in [4.78, 5) is 0. The Kier molecular flexibility index (Phi) is 89.9. The second-order valence-electron chi connectivity index (χ2n) is 12.6. The van der Waals surface area contributed by atoms with E-state index in [4.69, 9.17) is 10.8 Å². The Morgan fingerprint density at radius 1 is 0.0704 bits per heavy atom. The standard InChI is InChI=1S/CHN141/c2-1-4-6-8-10-12-14-16-18-20-22-24-26-28-30-32-34-36-38-40-42-44-46-48-50-52-54-56-58-60-62-64-66-68-70-72-74-76-78-80-82-84-86-88-90-92-94-96-98-100-102-104-106-108-110-112-114-116-118-120-122-124-126-128-130-132-134-136-138-140-142-141-139-137-135-133-131-129-127-125-123-121-119-117-115-113-111-109-107-105-103-101-99-97-95-93-91-89-87-85-83-81-79-77-75-73-71-69-67-65-63-61-59-57-55-53-51-49-47-45-43-41-39-37-35-33-31-29-27-25-23-21-19-17-15-13-11-9-7-5-3/h3H/b5-3?,6-4+,9-7+,10-8+,13-11+,14-12+,17-15+,18-16+,21-19+,22-20+,25-23+,26-24+,29-27+,30-28+,33-31+,34-32+,37-35+,38-36+,41-39+,42-40+,45-43+,46-44+,49-47+,50-48+,53-51+,54-52+,57-55+,58-56+,61-59+,62-60+,65-63+,66-64+,69-67+,70-68+,73-71+,74-72+,77-75+,78-76+,81-79+,82-80+,85-83+,86-84+,89-87+,90-88+,93-91+,94-92+,97-95+,98-96+,101-99+,102-100+,105-103+,106-104+,109-107+,110-108+,113-111+,114-112+,117-115+,118-116+,121-119+,122-120+,125-123+,126-124+,129-127+,130-128+,133-131+,134-132+,137-135+,138-136+,141-139+,142-140+. The molecule has 0 saturated carbocycles. The highest BCUT2D eigenvalue weighted by Crippen LogP contribution is 2.02. The number of nitriles is 1. The molecule has 0 aromatic rings. The van der Waals surface area contributed by atoms with Crippen molar-refractivity contribution in [2.24, 2.45) is 726 Å². The van der Waals surface area contributed by atoms with Crippen LogP contribution in [0.5, 0.6) is 0 Å². The number of nitrogens with one attached hydrogen (secondary N) is 1. The van der Waals surface area contributed by atoms with Crippen molar-refractivity contribution >= 4 is 0 Å². The van der Waals surface area contributed by atoms with Gasteiger partial charge < -0.3 is 0 Å². The van der Waals surface area contributed by atoms with E-state index >= 15 is 0 Å². The summed E-state index contributed by atoms with van der Waals surface area (Å²) in [5, 5.41) is 423. The molecule has 0 atom stereocenters. The molecule has 141 nitrogen and oxygen atoms in total. The third-order valence-corrected chi connectivity index (χ3v) is 5.57. The van der Waals surface area contributed by atoms with Crippen LogP contribution >= 0.6 is 0 Å². The van der Waals surface area contributed by atoms with Crippen LogP contribution in [-0.2, 0) is 0 Å². The second kappa shape index (κ2) is 112. The molecule has 0 heterocycles. The molecule has 0 fully saturated rings. The largest absolute Gasteiger partial charge is 0.227 e. The molecule has 1 N–H and O–H groups in total. The molecule has 0 aliphatic rings. The second-order valence-corrected chi connectivity index (χ2v) is 12.6. The SMILES string of the molecule is N#C/N=N/N=N/N=N/N=N/N=N/N=N/N=N/N=N/N=N/N=N/N=N/N=N/N=N/N=N/N=N/N=N/N=N/N=N/N=N/N=N/N=N/N=N/N=N/N=N/N=N/N=N/N=N/N=N/N=N/N=N/N=N/N=N/N=N/N=N/N=N/N=N/N=N/N=N/N=N/N=N/N=N/N=N/N=N/N=N/N=N/N=N/N=N/N=N/N=N/N=N/N=N/N=N/N=N/N=N/N=N/N=N/N=N/N=N/N=N/N=N/N=N/N=N/N=N/N=N/N=N/N=N/N=N/N=N/N=N/N=N. The summed E-state index contributed by atoms with van der Waals surface area (Å²) >= 11 is 0. The maximum atomic E-state index is 8.04. The zero-order valence-electron chi connectivity index (χ0n) is 63.6. The third kappa shape index (κ3) is 111. The minimum atomic E-state index is 1.31. The molecule has 0 amide bonds. The van der Waals surface area contributed by atoms with E-state index in [1.165, 1.54) is 6.19 Å².